The number of rotatable bonds is 3. The van der Waals surface area contributed by atoms with Gasteiger partial charge in [-0.3, -0.25) is 0 Å². The molecular formula is C25H29I2N2+. The van der Waals surface area contributed by atoms with Crippen molar-refractivity contribution in [2.75, 3.05) is 19.0 Å². The number of para-hydroxylation sites is 2. The zero-order chi connectivity index (χ0) is 21.1. The lowest BCUT2D eigenvalue weighted by Crippen LogP contribution is -2.39. The van der Waals surface area contributed by atoms with Crippen molar-refractivity contribution >= 4 is 62.3 Å². The van der Waals surface area contributed by atoms with Gasteiger partial charge < -0.3 is 4.90 Å². The fourth-order valence-corrected chi connectivity index (χ4v) is 7.28. The first-order chi connectivity index (χ1) is 13.6. The van der Waals surface area contributed by atoms with Gasteiger partial charge in [0.15, 0.2) is 5.71 Å². The normalized spacial score (nSPS) is 22.6. The summed E-state index contributed by atoms with van der Waals surface area (Å²) in [5, 5.41) is 0. The minimum absolute atomic E-state index is 0.0237. The number of alkyl halides is 2. The summed E-state index contributed by atoms with van der Waals surface area (Å²) in [5.41, 5.74) is 8.48. The molecule has 152 valence electrons. The van der Waals surface area contributed by atoms with Gasteiger partial charge in [0.2, 0.25) is 5.69 Å². The summed E-state index contributed by atoms with van der Waals surface area (Å²) in [5.74, 6) is 0. The van der Waals surface area contributed by atoms with Gasteiger partial charge in [-0.15, -0.1) is 0 Å². The Labute approximate surface area is 202 Å². The molecule has 0 aliphatic carbocycles. The van der Waals surface area contributed by atoms with E-state index in [0.717, 1.165) is 0 Å². The Balaban J connectivity index is 1.72. The van der Waals surface area contributed by atoms with Crippen LogP contribution in [0.15, 0.2) is 60.3 Å². The van der Waals surface area contributed by atoms with E-state index in [1.165, 1.54) is 33.9 Å². The first kappa shape index (κ1) is 21.3. The molecule has 2 aromatic carbocycles. The molecule has 2 aliphatic heterocycles. The number of hydrogen-bond donors (Lipinski definition) is 0. The molecule has 2 aromatic rings. The third-order valence-electron chi connectivity index (χ3n) is 6.74. The molecule has 0 N–H and O–H groups in total. The lowest BCUT2D eigenvalue weighted by molar-refractivity contribution is -0.403. The van der Waals surface area contributed by atoms with E-state index in [4.69, 9.17) is 0 Å². The number of benzene rings is 2. The van der Waals surface area contributed by atoms with Crippen LogP contribution in [-0.2, 0) is 10.8 Å². The molecule has 0 amide bonds. The number of likely N-dealkylation sites (N-methyl/N-ethyl adjacent to an activating group) is 1. The van der Waals surface area contributed by atoms with Crippen LogP contribution in [0.1, 0.15) is 38.8 Å². The minimum atomic E-state index is 0.0237. The summed E-state index contributed by atoms with van der Waals surface area (Å²) >= 11 is 5.31. The zero-order valence-corrected chi connectivity index (χ0v) is 22.3. The van der Waals surface area contributed by atoms with Crippen molar-refractivity contribution in [1.82, 2.24) is 0 Å². The van der Waals surface area contributed by atoms with Crippen molar-refractivity contribution < 1.29 is 4.58 Å². The third-order valence-corrected chi connectivity index (χ3v) is 10.6. The first-order valence-electron chi connectivity index (χ1n) is 10.1. The fraction of sp³-hybridized carbons (Fsp3) is 0.400. The third kappa shape index (κ3) is 3.20. The van der Waals surface area contributed by atoms with Gasteiger partial charge >= 0.3 is 0 Å². The molecule has 2 aliphatic rings. The molecule has 0 saturated heterocycles. The standard InChI is InChI=1S/C25H29I2N2/c1-24(2)16-11-7-9-13-19(16)28(5)21(24)15-18(26)22(27)23-25(3,4)17-12-8-10-14-20(17)29(23)6/h7-15,18,22H,1-6H3/q+1/b21-15+/t18-,22+/m1/s1. The number of fused-ring (bicyclic) bond motifs is 2. The molecular weight excluding hydrogens is 582 g/mol. The average Bonchev–Trinajstić information content (AvgIpc) is 3.01. The second kappa shape index (κ2) is 7.36. The van der Waals surface area contributed by atoms with Crippen molar-refractivity contribution in [3.63, 3.8) is 0 Å². The van der Waals surface area contributed by atoms with Gasteiger partial charge in [0.25, 0.3) is 0 Å². The van der Waals surface area contributed by atoms with E-state index < -0.39 is 0 Å². The van der Waals surface area contributed by atoms with Gasteiger partial charge in [0.05, 0.1) is 9.34 Å². The van der Waals surface area contributed by atoms with Gasteiger partial charge in [-0.25, -0.2) is 4.58 Å². The quantitative estimate of drug-likeness (QED) is 0.215. The monoisotopic (exact) mass is 611 g/mol. The van der Waals surface area contributed by atoms with Crippen LogP contribution in [0.5, 0.6) is 0 Å². The number of allylic oxidation sites excluding steroid dienone is 2. The molecule has 0 bridgehead atoms. The number of anilines is 1. The molecule has 2 nitrogen and oxygen atoms in total. The lowest BCUT2D eigenvalue weighted by Gasteiger charge is -2.27. The molecule has 2 heterocycles. The largest absolute Gasteiger partial charge is 0.347 e. The van der Waals surface area contributed by atoms with E-state index in [2.05, 4.69) is 151 Å². The minimum Gasteiger partial charge on any atom is -0.347 e. The van der Waals surface area contributed by atoms with Crippen molar-refractivity contribution in [2.45, 2.75) is 46.4 Å². The first-order valence-corrected chi connectivity index (χ1v) is 12.6. The highest BCUT2D eigenvalue weighted by molar-refractivity contribution is 14.1. The maximum atomic E-state index is 2.66. The highest BCUT2D eigenvalue weighted by Gasteiger charge is 2.49. The Kier molecular flexibility index (Phi) is 5.42. The van der Waals surface area contributed by atoms with E-state index in [-0.39, 0.29) is 10.8 Å². The molecule has 4 heteroatoms. The summed E-state index contributed by atoms with van der Waals surface area (Å²) in [6, 6.07) is 17.6. The second-order valence-corrected chi connectivity index (χ2v) is 12.0. The summed E-state index contributed by atoms with van der Waals surface area (Å²) in [7, 11) is 4.44. The maximum Gasteiger partial charge on any atom is 0.209 e. The van der Waals surface area contributed by atoms with E-state index in [1.807, 2.05) is 0 Å². The van der Waals surface area contributed by atoms with E-state index in [0.29, 0.717) is 7.85 Å². The second-order valence-electron chi connectivity index (χ2n) is 9.19. The molecule has 0 aromatic heterocycles. The Bertz CT molecular complexity index is 1030. The Morgan fingerprint density at radius 2 is 1.48 bits per heavy atom. The van der Waals surface area contributed by atoms with Gasteiger partial charge in [0.1, 0.15) is 11.0 Å². The van der Waals surface area contributed by atoms with Gasteiger partial charge in [-0.2, -0.15) is 0 Å². The molecule has 0 saturated carbocycles. The summed E-state index contributed by atoms with van der Waals surface area (Å²) in [4.78, 5) is 2.38. The summed E-state index contributed by atoms with van der Waals surface area (Å²) < 4.78 is 3.22. The van der Waals surface area contributed by atoms with E-state index in [1.54, 1.807) is 0 Å². The zero-order valence-electron chi connectivity index (χ0n) is 18.0. The van der Waals surface area contributed by atoms with Crippen LogP contribution in [-0.4, -0.2) is 32.2 Å². The average molecular weight is 611 g/mol. The van der Waals surface area contributed by atoms with E-state index >= 15 is 0 Å². The Hall–Kier alpha value is -0.890. The predicted molar refractivity (Wildman–Crippen MR) is 142 cm³/mol. The van der Waals surface area contributed by atoms with Gasteiger partial charge in [0, 0.05) is 35.5 Å². The molecule has 2 atom stereocenters. The van der Waals surface area contributed by atoms with Crippen LogP contribution < -0.4 is 4.90 Å². The molecule has 0 radical (unpaired) electrons. The highest BCUT2D eigenvalue weighted by Crippen LogP contribution is 2.48. The molecule has 4 rings (SSSR count). The van der Waals surface area contributed by atoms with Crippen molar-refractivity contribution in [2.24, 2.45) is 0 Å². The number of nitrogens with zero attached hydrogens (tertiary/aromatic N) is 2. The topological polar surface area (TPSA) is 6.25 Å². The van der Waals surface area contributed by atoms with Crippen LogP contribution in [0, 0.1) is 0 Å². The summed E-state index contributed by atoms with van der Waals surface area (Å²) in [6.45, 7) is 9.44. The van der Waals surface area contributed by atoms with E-state index in [9.17, 15) is 0 Å². The number of hydrogen-bond acceptors (Lipinski definition) is 1. The van der Waals surface area contributed by atoms with Gasteiger partial charge in [-0.1, -0.05) is 95.4 Å². The lowest BCUT2D eigenvalue weighted by atomic mass is 9.79. The molecule has 29 heavy (non-hydrogen) atoms. The number of halogens is 2. The molecule has 0 fully saturated rings. The van der Waals surface area contributed by atoms with Crippen LogP contribution >= 0.6 is 45.2 Å². The van der Waals surface area contributed by atoms with Crippen LogP contribution in [0.4, 0.5) is 11.4 Å². The fourth-order valence-electron chi connectivity index (χ4n) is 5.20. The van der Waals surface area contributed by atoms with Crippen molar-refractivity contribution in [1.29, 1.82) is 0 Å². The SMILES string of the molecule is CN1/C(=C/[C@@H](I)[C@H](I)C2=[N+](C)c3ccccc3C2(C)C)C(C)(C)c2ccccc21. The van der Waals surface area contributed by atoms with Crippen molar-refractivity contribution in [3.8, 4) is 0 Å². The highest BCUT2D eigenvalue weighted by atomic mass is 127. The maximum absolute atomic E-state index is 2.66. The van der Waals surface area contributed by atoms with Crippen molar-refractivity contribution in [3.05, 3.63) is 71.4 Å². The Morgan fingerprint density at radius 1 is 0.897 bits per heavy atom. The van der Waals surface area contributed by atoms with Gasteiger partial charge in [-0.05, 0) is 31.6 Å². The van der Waals surface area contributed by atoms with Crippen LogP contribution in [0.3, 0.4) is 0 Å². The van der Waals surface area contributed by atoms with Crippen LogP contribution in [0.2, 0.25) is 0 Å². The summed E-state index contributed by atoms with van der Waals surface area (Å²) in [6.07, 6.45) is 2.50. The smallest absolute Gasteiger partial charge is 0.209 e. The molecule has 0 unspecified atom stereocenters. The predicted octanol–water partition coefficient (Wildman–Crippen LogP) is 6.61. The van der Waals surface area contributed by atoms with Crippen LogP contribution in [0.25, 0.3) is 0 Å². The Morgan fingerprint density at radius 3 is 2.10 bits per heavy atom. The molecule has 0 spiro atoms.